The van der Waals surface area contributed by atoms with E-state index < -0.39 is 21.8 Å². The van der Waals surface area contributed by atoms with Crippen LogP contribution in [0, 0.1) is 0 Å². The van der Waals surface area contributed by atoms with Gasteiger partial charge < -0.3 is 5.32 Å². The van der Waals surface area contributed by atoms with Crippen LogP contribution in [-0.2, 0) is 9.84 Å². The average molecular weight is 419 g/mol. The maximum absolute atomic E-state index is 13.2. The molecule has 2 aliphatic rings. The van der Waals surface area contributed by atoms with Crippen molar-refractivity contribution in [3.05, 3.63) is 40.3 Å². The van der Waals surface area contributed by atoms with Gasteiger partial charge in [-0.05, 0) is 45.8 Å². The molecule has 2 atom stereocenters. The largest absolute Gasteiger partial charge is 0.345 e. The zero-order valence-corrected chi connectivity index (χ0v) is 17.5. The number of aromatic nitrogens is 2. The Morgan fingerprint density at radius 2 is 1.79 bits per heavy atom. The highest BCUT2D eigenvalue weighted by Gasteiger charge is 2.42. The van der Waals surface area contributed by atoms with Gasteiger partial charge in [-0.1, -0.05) is 18.2 Å². The van der Waals surface area contributed by atoms with Crippen molar-refractivity contribution in [1.29, 1.82) is 0 Å². The SMILES string of the molecule is CC(C)n1nc(C(=O)NC2CS(=O)(=O)CC2N2CCCC2)c2ccccc2c1=O. The van der Waals surface area contributed by atoms with Crippen molar-refractivity contribution in [1.82, 2.24) is 20.0 Å². The molecular weight excluding hydrogens is 392 g/mol. The molecule has 2 aliphatic heterocycles. The maximum Gasteiger partial charge on any atom is 0.274 e. The van der Waals surface area contributed by atoms with E-state index in [-0.39, 0.29) is 34.8 Å². The van der Waals surface area contributed by atoms with Crippen LogP contribution in [0.15, 0.2) is 29.1 Å². The number of sulfone groups is 1. The number of nitrogens with zero attached hydrogens (tertiary/aromatic N) is 3. The first kappa shape index (κ1) is 20.0. The predicted octanol–water partition coefficient (Wildman–Crippen LogP) is 0.969. The fourth-order valence-electron chi connectivity index (χ4n) is 4.36. The molecule has 1 aromatic heterocycles. The Morgan fingerprint density at radius 1 is 1.14 bits per heavy atom. The summed E-state index contributed by atoms with van der Waals surface area (Å²) in [5.41, 5.74) is -0.0936. The van der Waals surface area contributed by atoms with Crippen LogP contribution in [-0.4, -0.2) is 65.7 Å². The van der Waals surface area contributed by atoms with Crippen LogP contribution in [0.3, 0.4) is 0 Å². The second-order valence-corrected chi connectivity index (χ2v) is 10.4. The molecule has 3 heterocycles. The molecule has 2 unspecified atom stereocenters. The van der Waals surface area contributed by atoms with Gasteiger partial charge in [-0.15, -0.1) is 0 Å². The van der Waals surface area contributed by atoms with E-state index in [2.05, 4.69) is 15.3 Å². The minimum absolute atomic E-state index is 0.0671. The molecule has 0 bridgehead atoms. The van der Waals surface area contributed by atoms with E-state index in [4.69, 9.17) is 0 Å². The van der Waals surface area contributed by atoms with Crippen LogP contribution in [0.25, 0.3) is 10.8 Å². The van der Waals surface area contributed by atoms with Gasteiger partial charge in [0.15, 0.2) is 15.5 Å². The summed E-state index contributed by atoms with van der Waals surface area (Å²) in [5, 5.41) is 8.15. The highest BCUT2D eigenvalue weighted by atomic mass is 32.2. The van der Waals surface area contributed by atoms with E-state index in [1.165, 1.54) is 4.68 Å². The first-order chi connectivity index (χ1) is 13.8. The van der Waals surface area contributed by atoms with Gasteiger partial charge in [-0.25, -0.2) is 13.1 Å². The fraction of sp³-hybridized carbons (Fsp3) is 0.550. The first-order valence-electron chi connectivity index (χ1n) is 10.0. The van der Waals surface area contributed by atoms with Crippen LogP contribution in [0.1, 0.15) is 43.2 Å². The molecule has 156 valence electrons. The third kappa shape index (κ3) is 3.81. The molecule has 0 radical (unpaired) electrons. The summed E-state index contributed by atoms with van der Waals surface area (Å²) >= 11 is 0. The molecule has 2 aromatic rings. The van der Waals surface area contributed by atoms with Gasteiger partial charge in [0.1, 0.15) is 0 Å². The number of hydrogen-bond acceptors (Lipinski definition) is 6. The van der Waals surface area contributed by atoms with Crippen molar-refractivity contribution >= 4 is 26.5 Å². The Labute approximate surface area is 169 Å². The lowest BCUT2D eigenvalue weighted by Crippen LogP contribution is -2.50. The average Bonchev–Trinajstić information content (AvgIpc) is 3.29. The molecule has 4 rings (SSSR count). The number of fused-ring (bicyclic) bond motifs is 1. The number of benzene rings is 1. The van der Waals surface area contributed by atoms with E-state index >= 15 is 0 Å². The van der Waals surface area contributed by atoms with Crippen molar-refractivity contribution < 1.29 is 13.2 Å². The summed E-state index contributed by atoms with van der Waals surface area (Å²) in [7, 11) is -3.21. The number of rotatable bonds is 4. The molecule has 2 fully saturated rings. The highest BCUT2D eigenvalue weighted by molar-refractivity contribution is 7.91. The predicted molar refractivity (Wildman–Crippen MR) is 111 cm³/mol. The smallest absolute Gasteiger partial charge is 0.274 e. The van der Waals surface area contributed by atoms with Gasteiger partial charge in [-0.3, -0.25) is 14.5 Å². The summed E-state index contributed by atoms with van der Waals surface area (Å²) < 4.78 is 25.9. The van der Waals surface area contributed by atoms with Crippen molar-refractivity contribution in [2.24, 2.45) is 0 Å². The van der Waals surface area contributed by atoms with Crippen molar-refractivity contribution in [3.8, 4) is 0 Å². The minimum atomic E-state index is -3.21. The van der Waals surface area contributed by atoms with Crippen molar-refractivity contribution in [2.75, 3.05) is 24.6 Å². The molecule has 29 heavy (non-hydrogen) atoms. The van der Waals surface area contributed by atoms with Crippen molar-refractivity contribution in [2.45, 2.75) is 44.8 Å². The Bertz CT molecular complexity index is 1100. The molecule has 1 N–H and O–H groups in total. The molecule has 0 spiro atoms. The fourth-order valence-corrected chi connectivity index (χ4v) is 6.31. The lowest BCUT2D eigenvalue weighted by Gasteiger charge is -2.28. The van der Waals surface area contributed by atoms with Crippen molar-refractivity contribution in [3.63, 3.8) is 0 Å². The molecule has 8 nitrogen and oxygen atoms in total. The van der Waals surface area contributed by atoms with Crippen LogP contribution in [0.2, 0.25) is 0 Å². The molecule has 9 heteroatoms. The quantitative estimate of drug-likeness (QED) is 0.794. The van der Waals surface area contributed by atoms with E-state index in [9.17, 15) is 18.0 Å². The molecule has 0 aliphatic carbocycles. The normalized spacial score (nSPS) is 24.4. The van der Waals surface area contributed by atoms with E-state index in [0.717, 1.165) is 25.9 Å². The standard InChI is InChI=1S/C20H26N4O4S/c1-13(2)24-20(26)15-8-4-3-7-14(15)18(22-24)19(25)21-16-11-29(27,28)12-17(16)23-9-5-6-10-23/h3-4,7-8,13,16-17H,5-6,9-12H2,1-2H3,(H,21,25). The van der Waals surface area contributed by atoms with Crippen LogP contribution in [0.5, 0.6) is 0 Å². The number of hydrogen-bond donors (Lipinski definition) is 1. The van der Waals surface area contributed by atoms with Gasteiger partial charge in [0.2, 0.25) is 0 Å². The lowest BCUT2D eigenvalue weighted by atomic mass is 10.1. The zero-order valence-electron chi connectivity index (χ0n) is 16.7. The van der Waals surface area contributed by atoms with Gasteiger partial charge in [-0.2, -0.15) is 5.10 Å². The molecule has 2 saturated heterocycles. The summed E-state index contributed by atoms with van der Waals surface area (Å²) in [5.74, 6) is -0.443. The Morgan fingerprint density at radius 3 is 2.45 bits per heavy atom. The van der Waals surface area contributed by atoms with Gasteiger partial charge in [0.05, 0.1) is 29.0 Å². The Balaban J connectivity index is 1.70. The Hall–Kier alpha value is -2.26. The minimum Gasteiger partial charge on any atom is -0.345 e. The number of carbonyl (C=O) groups is 1. The number of likely N-dealkylation sites (tertiary alicyclic amines) is 1. The van der Waals surface area contributed by atoms with E-state index in [0.29, 0.717) is 10.8 Å². The van der Waals surface area contributed by atoms with Crippen LogP contribution in [0.4, 0.5) is 0 Å². The summed E-state index contributed by atoms with van der Waals surface area (Å²) in [4.78, 5) is 28.0. The van der Waals surface area contributed by atoms with Gasteiger partial charge >= 0.3 is 0 Å². The third-order valence-corrected chi connectivity index (χ3v) is 7.50. The number of amides is 1. The second-order valence-electron chi connectivity index (χ2n) is 8.20. The molecule has 1 aromatic carbocycles. The first-order valence-corrected chi connectivity index (χ1v) is 11.9. The summed E-state index contributed by atoms with van der Waals surface area (Å²) in [6.45, 7) is 5.37. The third-order valence-electron chi connectivity index (χ3n) is 5.78. The van der Waals surface area contributed by atoms with E-state index in [1.54, 1.807) is 24.3 Å². The highest BCUT2D eigenvalue weighted by Crippen LogP contribution is 2.23. The molecule has 1 amide bonds. The second kappa shape index (κ2) is 7.53. The van der Waals surface area contributed by atoms with E-state index in [1.807, 2.05) is 13.8 Å². The van der Waals surface area contributed by atoms with Gasteiger partial charge in [0.25, 0.3) is 11.5 Å². The zero-order chi connectivity index (χ0) is 20.8. The number of nitrogens with one attached hydrogen (secondary N) is 1. The lowest BCUT2D eigenvalue weighted by molar-refractivity contribution is 0.0913. The number of carbonyl (C=O) groups excluding carboxylic acids is 1. The molecular formula is C20H26N4O4S. The van der Waals surface area contributed by atoms with Gasteiger partial charge in [0, 0.05) is 11.4 Å². The topological polar surface area (TPSA) is 101 Å². The molecule has 0 saturated carbocycles. The summed E-state index contributed by atoms with van der Waals surface area (Å²) in [6.07, 6.45) is 2.09. The van der Waals surface area contributed by atoms with Crippen LogP contribution < -0.4 is 10.9 Å². The maximum atomic E-state index is 13.2. The van der Waals surface area contributed by atoms with Crippen LogP contribution >= 0.6 is 0 Å². The Kier molecular flexibility index (Phi) is 5.20. The summed E-state index contributed by atoms with van der Waals surface area (Å²) in [6, 6.07) is 5.99. The monoisotopic (exact) mass is 418 g/mol.